The number of carbonyl (C=O) groups is 3. The van der Waals surface area contributed by atoms with Gasteiger partial charge in [0.2, 0.25) is 0 Å². The summed E-state index contributed by atoms with van der Waals surface area (Å²) in [7, 11) is 3.92. The first kappa shape index (κ1) is 36.8. The number of hydrogen-bond donors (Lipinski definition) is 6. The van der Waals surface area contributed by atoms with Crippen molar-refractivity contribution in [1.29, 1.82) is 5.41 Å². The van der Waals surface area contributed by atoms with E-state index >= 15 is 0 Å². The number of hydrogen-bond acceptors (Lipinski definition) is 9. The highest BCUT2D eigenvalue weighted by atomic mass is 19.4. The molecule has 0 aliphatic rings. The number of anilines is 1. The first-order valence-corrected chi connectivity index (χ1v) is 13.7. The van der Waals surface area contributed by atoms with Crippen molar-refractivity contribution in [2.24, 2.45) is 5.73 Å². The maximum Gasteiger partial charge on any atom is 0.490 e. The third-order valence-electron chi connectivity index (χ3n) is 5.97. The number of hydrazine groups is 1. The van der Waals surface area contributed by atoms with Gasteiger partial charge >= 0.3 is 12.1 Å². The summed E-state index contributed by atoms with van der Waals surface area (Å²) >= 11 is 0. The highest BCUT2D eigenvalue weighted by molar-refractivity contribution is 5.97. The third-order valence-corrected chi connectivity index (χ3v) is 5.97. The molecular formula is C30H36F3N7O6. The summed E-state index contributed by atoms with van der Waals surface area (Å²) in [6.07, 6.45) is -2.00. The lowest BCUT2D eigenvalue weighted by Gasteiger charge is -2.22. The second-order valence-electron chi connectivity index (χ2n) is 9.80. The van der Waals surface area contributed by atoms with E-state index in [2.05, 4.69) is 21.2 Å². The number of benzene rings is 2. The summed E-state index contributed by atoms with van der Waals surface area (Å²) in [6.45, 7) is 5.23. The monoisotopic (exact) mass is 647 g/mol. The van der Waals surface area contributed by atoms with Gasteiger partial charge in [0.05, 0.1) is 6.61 Å². The second kappa shape index (κ2) is 17.2. The van der Waals surface area contributed by atoms with Crippen molar-refractivity contribution in [3.8, 4) is 11.5 Å². The Kier molecular flexibility index (Phi) is 13.8. The lowest BCUT2D eigenvalue weighted by atomic mass is 10.0. The van der Waals surface area contributed by atoms with Crippen molar-refractivity contribution < 1.29 is 42.1 Å². The molecule has 3 aromatic rings. The van der Waals surface area contributed by atoms with E-state index in [1.54, 1.807) is 61.7 Å². The van der Waals surface area contributed by atoms with Gasteiger partial charge in [-0.15, -0.1) is 0 Å². The van der Waals surface area contributed by atoms with Crippen molar-refractivity contribution in [3.63, 3.8) is 0 Å². The Morgan fingerprint density at radius 1 is 1.04 bits per heavy atom. The van der Waals surface area contributed by atoms with Gasteiger partial charge in [-0.1, -0.05) is 6.07 Å². The number of nitrogen functional groups attached to an aromatic ring is 1. The molecule has 46 heavy (non-hydrogen) atoms. The first-order chi connectivity index (χ1) is 21.6. The van der Waals surface area contributed by atoms with E-state index in [9.17, 15) is 22.8 Å². The van der Waals surface area contributed by atoms with Crippen molar-refractivity contribution in [1.82, 2.24) is 20.7 Å². The number of amidine groups is 1. The molecule has 2 aromatic carbocycles. The quantitative estimate of drug-likeness (QED) is 0.0966. The number of carboxylic acid groups (broad SMARTS) is 1. The highest BCUT2D eigenvalue weighted by Crippen LogP contribution is 2.32. The zero-order chi connectivity index (χ0) is 34.4. The summed E-state index contributed by atoms with van der Waals surface area (Å²) in [5.74, 6) is -2.73. The smallest absolute Gasteiger partial charge is 0.490 e. The fourth-order valence-corrected chi connectivity index (χ4v) is 3.63. The van der Waals surface area contributed by atoms with Crippen LogP contribution in [0.1, 0.15) is 40.0 Å². The van der Waals surface area contributed by atoms with Gasteiger partial charge < -0.3 is 30.5 Å². The van der Waals surface area contributed by atoms with Crippen LogP contribution in [0.4, 0.5) is 18.9 Å². The molecule has 0 fully saturated rings. The molecule has 1 heterocycles. The van der Waals surface area contributed by atoms with Crippen LogP contribution in [0.5, 0.6) is 11.5 Å². The number of carboxylic acids is 1. The van der Waals surface area contributed by atoms with E-state index in [1.165, 1.54) is 6.20 Å². The van der Waals surface area contributed by atoms with Crippen LogP contribution in [0.2, 0.25) is 0 Å². The Labute approximate surface area is 263 Å². The molecule has 3 rings (SSSR count). The molecule has 1 aromatic heterocycles. The minimum Gasteiger partial charge on any atom is -0.490 e. The van der Waals surface area contributed by atoms with Gasteiger partial charge in [0.1, 0.15) is 18.5 Å². The summed E-state index contributed by atoms with van der Waals surface area (Å²) < 4.78 is 43.5. The second-order valence-corrected chi connectivity index (χ2v) is 9.80. The van der Waals surface area contributed by atoms with Gasteiger partial charge in [-0.05, 0) is 81.5 Å². The number of halogens is 3. The zero-order valence-corrected chi connectivity index (χ0v) is 25.6. The molecule has 0 saturated heterocycles. The van der Waals surface area contributed by atoms with Crippen molar-refractivity contribution in [3.05, 3.63) is 83.2 Å². The number of rotatable bonds is 12. The van der Waals surface area contributed by atoms with E-state index in [0.717, 1.165) is 6.54 Å². The fourth-order valence-electron chi connectivity index (χ4n) is 3.63. The number of nitrogens with two attached hydrogens (primary N) is 1. The Bertz CT molecular complexity index is 1500. The van der Waals surface area contributed by atoms with E-state index < -0.39 is 30.0 Å². The Morgan fingerprint density at radius 2 is 1.70 bits per heavy atom. The van der Waals surface area contributed by atoms with Crippen LogP contribution in [0, 0.1) is 12.3 Å². The maximum atomic E-state index is 13.4. The average molecular weight is 648 g/mol. The predicted molar refractivity (Wildman–Crippen MR) is 164 cm³/mol. The number of nitrogens with zero attached hydrogens (tertiary/aromatic N) is 2. The van der Waals surface area contributed by atoms with Crippen LogP contribution in [0.25, 0.3) is 0 Å². The van der Waals surface area contributed by atoms with Crippen LogP contribution in [0.15, 0.2) is 60.9 Å². The number of ether oxygens (including phenoxy) is 2. The van der Waals surface area contributed by atoms with Crippen LogP contribution < -0.4 is 31.4 Å². The number of pyridine rings is 1. The Balaban J connectivity index is 0.000000942. The van der Waals surface area contributed by atoms with Gasteiger partial charge in [0, 0.05) is 35.8 Å². The topological polar surface area (TPSA) is 192 Å². The molecule has 0 aliphatic carbocycles. The SMILES string of the molecule is CCOc1cc(C(Nc2ccc(C(=N)N)cc2)C(=O)NNC(=O)c2ccncc2C)ccc1OCCN(C)C.O=C(O)C(F)(F)F. The molecule has 0 spiro atoms. The van der Waals surface area contributed by atoms with Gasteiger partial charge in [-0.2, -0.15) is 13.2 Å². The largest absolute Gasteiger partial charge is 0.490 e. The molecule has 13 nitrogen and oxygen atoms in total. The normalized spacial score (nSPS) is 11.4. The van der Waals surface area contributed by atoms with Crippen molar-refractivity contribution in [2.45, 2.75) is 26.1 Å². The van der Waals surface area contributed by atoms with Crippen molar-refractivity contribution >= 4 is 29.3 Å². The number of nitrogens with one attached hydrogen (secondary N) is 4. The summed E-state index contributed by atoms with van der Waals surface area (Å²) in [5.41, 5.74) is 13.4. The molecule has 0 bridgehead atoms. The van der Waals surface area contributed by atoms with E-state index in [1.807, 2.05) is 25.9 Å². The lowest BCUT2D eigenvalue weighted by Crippen LogP contribution is -2.45. The predicted octanol–water partition coefficient (Wildman–Crippen LogP) is 3.26. The van der Waals surface area contributed by atoms with Crippen molar-refractivity contribution in [2.75, 3.05) is 39.2 Å². The van der Waals surface area contributed by atoms with Gasteiger partial charge in [-0.3, -0.25) is 30.8 Å². The number of aliphatic carboxylic acids is 1. The summed E-state index contributed by atoms with van der Waals surface area (Å²) in [6, 6.07) is 12.7. The number of aryl methyl sites for hydroxylation is 1. The minimum atomic E-state index is -5.08. The standard InChI is InChI=1S/C28H35N7O4.C2HF3O2/c1-5-38-24-16-20(8-11-23(24)39-15-14-35(3)4)25(32-21-9-6-19(7-10-21)26(29)30)28(37)34-33-27(36)22-12-13-31-17-18(22)2;3-2(4,5)1(6)7/h6-13,16-17,25,32H,5,14-15H2,1-4H3,(H3,29,30)(H,33,36)(H,34,37);(H,6,7). The maximum absolute atomic E-state index is 13.4. The van der Waals surface area contributed by atoms with Gasteiger partial charge in [0.25, 0.3) is 11.8 Å². The Morgan fingerprint density at radius 3 is 2.24 bits per heavy atom. The van der Waals surface area contributed by atoms with E-state index in [-0.39, 0.29) is 5.84 Å². The molecule has 16 heteroatoms. The van der Waals surface area contributed by atoms with E-state index in [4.69, 9.17) is 30.5 Å². The molecule has 1 unspecified atom stereocenters. The molecule has 1 atom stereocenters. The van der Waals surface area contributed by atoms with Crippen LogP contribution >= 0.6 is 0 Å². The Hall–Kier alpha value is -5.38. The first-order valence-electron chi connectivity index (χ1n) is 13.7. The zero-order valence-electron chi connectivity index (χ0n) is 25.6. The number of carbonyl (C=O) groups excluding carboxylic acids is 2. The summed E-state index contributed by atoms with van der Waals surface area (Å²) in [4.78, 5) is 41.0. The molecule has 0 saturated carbocycles. The highest BCUT2D eigenvalue weighted by Gasteiger charge is 2.38. The van der Waals surface area contributed by atoms with Gasteiger partial charge in [0.15, 0.2) is 11.5 Å². The van der Waals surface area contributed by atoms with Gasteiger partial charge in [-0.25, -0.2) is 4.79 Å². The van der Waals surface area contributed by atoms with Crippen LogP contribution in [0.3, 0.4) is 0 Å². The lowest BCUT2D eigenvalue weighted by molar-refractivity contribution is -0.192. The molecule has 0 radical (unpaired) electrons. The summed E-state index contributed by atoms with van der Waals surface area (Å²) in [5, 5.41) is 17.9. The third kappa shape index (κ3) is 11.6. The average Bonchev–Trinajstić information content (AvgIpc) is 2.99. The molecule has 7 N–H and O–H groups in total. The minimum absolute atomic E-state index is 0.0591. The van der Waals surface area contributed by atoms with Crippen LogP contribution in [-0.2, 0) is 9.59 Å². The molecular weight excluding hydrogens is 611 g/mol. The van der Waals surface area contributed by atoms with Crippen LogP contribution in [-0.4, -0.2) is 78.6 Å². The number of likely N-dealkylation sites (N-methyl/N-ethyl adjacent to an activating group) is 1. The molecule has 2 amide bonds. The molecule has 0 aliphatic heterocycles. The van der Waals surface area contributed by atoms with E-state index in [0.29, 0.717) is 52.7 Å². The molecule has 248 valence electrons. The fraction of sp³-hybridized carbons (Fsp3) is 0.300. The number of alkyl halides is 3. The number of aromatic nitrogens is 1. The number of amides is 2.